The maximum absolute atomic E-state index is 6.23. The van der Waals surface area contributed by atoms with Crippen LogP contribution in [0.25, 0.3) is 28.1 Å². The summed E-state index contributed by atoms with van der Waals surface area (Å²) in [5.74, 6) is 2.00. The molecule has 5 aromatic carbocycles. The van der Waals surface area contributed by atoms with E-state index in [1.165, 1.54) is 0 Å². The van der Waals surface area contributed by atoms with Gasteiger partial charge in [0.2, 0.25) is 0 Å². The monoisotopic (exact) mass is 739 g/mol. The van der Waals surface area contributed by atoms with E-state index in [1.807, 2.05) is 120 Å². The van der Waals surface area contributed by atoms with Crippen LogP contribution in [0.2, 0.25) is 0 Å². The van der Waals surface area contributed by atoms with Crippen LogP contribution in [-0.4, -0.2) is 15.6 Å². The molecule has 6 nitrogen and oxygen atoms in total. The average molecular weight is 740 g/mol. The Morgan fingerprint density at radius 1 is 0.651 bits per heavy atom. The first-order valence-corrected chi connectivity index (χ1v) is 13.7. The van der Waals surface area contributed by atoms with Crippen molar-refractivity contribution in [1.82, 2.24) is 9.78 Å². The first-order valence-electron chi connectivity index (χ1n) is 13.7. The third kappa shape index (κ3) is 6.01. The maximum atomic E-state index is 6.23. The zero-order valence-electron chi connectivity index (χ0n) is 23.2. The molecule has 214 valence electrons. The molecule has 0 atom stereocenters. The van der Waals surface area contributed by atoms with Crippen molar-refractivity contribution in [2.75, 3.05) is 9.91 Å². The summed E-state index contributed by atoms with van der Waals surface area (Å²) in [4.78, 5) is 2.04. The van der Waals surface area contributed by atoms with Crippen molar-refractivity contribution in [2.45, 2.75) is 6.92 Å². The van der Waals surface area contributed by atoms with Gasteiger partial charge in [-0.1, -0.05) is 84.6 Å². The summed E-state index contributed by atoms with van der Waals surface area (Å²) in [5, 5.41) is 11.5. The standard InChI is InChI=1S/C36H26N5O.Pt/c1-27-37-41(26-39(27)30-17-9-4-10-18-30)32-20-12-22-34(24-32)42-33-21-11-19-31(23-33)40-25-35(28-13-5-2-6-14-28)36(38-40)29-15-7-3-8-16-29;/h2-22,25-26H,1H3;/q-3;. The molecule has 7 heteroatoms. The van der Waals surface area contributed by atoms with Crippen molar-refractivity contribution in [2.24, 2.45) is 5.10 Å². The molecule has 1 aliphatic rings. The van der Waals surface area contributed by atoms with E-state index in [0.717, 1.165) is 45.3 Å². The van der Waals surface area contributed by atoms with Gasteiger partial charge in [0.1, 0.15) is 5.69 Å². The molecule has 6 aromatic rings. The van der Waals surface area contributed by atoms with Crippen molar-refractivity contribution in [3.63, 3.8) is 0 Å². The van der Waals surface area contributed by atoms with Crippen LogP contribution in [0.1, 0.15) is 6.92 Å². The summed E-state index contributed by atoms with van der Waals surface area (Å²) in [6.45, 7) is 3.92. The molecule has 0 radical (unpaired) electrons. The van der Waals surface area contributed by atoms with E-state index in [0.29, 0.717) is 11.5 Å². The summed E-state index contributed by atoms with van der Waals surface area (Å²) in [6, 6.07) is 48.9. The summed E-state index contributed by atoms with van der Waals surface area (Å²) in [5.41, 5.74) is 6.70. The molecule has 0 bridgehead atoms. The smallest absolute Gasteiger partial charge is 0.100 e. The predicted octanol–water partition coefficient (Wildman–Crippen LogP) is 8.38. The minimum Gasteiger partial charge on any atom is -0.509 e. The number of rotatable bonds is 7. The first kappa shape index (κ1) is 28.2. The molecule has 43 heavy (non-hydrogen) atoms. The molecule has 0 amide bonds. The van der Waals surface area contributed by atoms with Crippen molar-refractivity contribution >= 4 is 17.2 Å². The van der Waals surface area contributed by atoms with E-state index in [1.54, 1.807) is 5.01 Å². The minimum atomic E-state index is 0. The second-order valence-corrected chi connectivity index (χ2v) is 9.78. The Kier molecular flexibility index (Phi) is 8.21. The number of benzene rings is 5. The van der Waals surface area contributed by atoms with Crippen LogP contribution in [0.4, 0.5) is 11.4 Å². The molecule has 0 N–H and O–H groups in total. The molecule has 1 aromatic heterocycles. The molecule has 2 heterocycles. The van der Waals surface area contributed by atoms with E-state index in [4.69, 9.17) is 14.9 Å². The van der Waals surface area contributed by atoms with E-state index < -0.39 is 0 Å². The molecular formula is C36H26N5OPt-3. The van der Waals surface area contributed by atoms with E-state index in [9.17, 15) is 0 Å². The van der Waals surface area contributed by atoms with Crippen molar-refractivity contribution < 1.29 is 25.8 Å². The van der Waals surface area contributed by atoms with Crippen LogP contribution >= 0.6 is 0 Å². The fraction of sp³-hybridized carbons (Fsp3) is 0.0278. The van der Waals surface area contributed by atoms with Crippen LogP contribution in [0.5, 0.6) is 11.5 Å². The van der Waals surface area contributed by atoms with Gasteiger partial charge < -0.3 is 14.6 Å². The van der Waals surface area contributed by atoms with Gasteiger partial charge in [-0.3, -0.25) is 4.68 Å². The van der Waals surface area contributed by atoms with Gasteiger partial charge in [-0.2, -0.15) is 22.3 Å². The van der Waals surface area contributed by atoms with Crippen LogP contribution in [0.3, 0.4) is 0 Å². The van der Waals surface area contributed by atoms with Gasteiger partial charge in [0.15, 0.2) is 0 Å². The van der Waals surface area contributed by atoms with Crippen LogP contribution in [0, 0.1) is 18.8 Å². The number of para-hydroxylation sites is 1. The van der Waals surface area contributed by atoms with Gasteiger partial charge in [0, 0.05) is 55.6 Å². The Balaban J connectivity index is 0.00000329. The molecule has 1 aliphatic heterocycles. The van der Waals surface area contributed by atoms with Gasteiger partial charge in [-0.25, -0.2) is 0 Å². The quantitative estimate of drug-likeness (QED) is 0.155. The third-order valence-electron chi connectivity index (χ3n) is 6.93. The maximum Gasteiger partial charge on any atom is 0.100 e. The summed E-state index contributed by atoms with van der Waals surface area (Å²) in [7, 11) is 0. The zero-order valence-corrected chi connectivity index (χ0v) is 25.5. The Morgan fingerprint density at radius 3 is 1.91 bits per heavy atom. The van der Waals surface area contributed by atoms with Crippen molar-refractivity contribution in [3.05, 3.63) is 152 Å². The molecule has 0 aliphatic carbocycles. The number of ether oxygens (including phenoxy) is 1. The third-order valence-corrected chi connectivity index (χ3v) is 6.93. The topological polar surface area (TPSA) is 45.9 Å². The van der Waals surface area contributed by atoms with Crippen LogP contribution in [-0.2, 0) is 21.1 Å². The van der Waals surface area contributed by atoms with E-state index >= 15 is 0 Å². The summed E-state index contributed by atoms with van der Waals surface area (Å²) >= 11 is 0. The second kappa shape index (κ2) is 12.5. The van der Waals surface area contributed by atoms with Gasteiger partial charge in [0.25, 0.3) is 0 Å². The second-order valence-electron chi connectivity index (χ2n) is 9.78. The van der Waals surface area contributed by atoms with Crippen LogP contribution in [0.15, 0.2) is 139 Å². The average Bonchev–Trinajstić information content (AvgIpc) is 3.67. The van der Waals surface area contributed by atoms with Gasteiger partial charge in [-0.05, 0) is 30.3 Å². The van der Waals surface area contributed by atoms with E-state index in [-0.39, 0.29) is 21.1 Å². The number of amidine groups is 1. The fourth-order valence-electron chi connectivity index (χ4n) is 4.89. The summed E-state index contributed by atoms with van der Waals surface area (Å²) in [6.07, 6.45) is 2.04. The molecule has 0 saturated heterocycles. The van der Waals surface area contributed by atoms with E-state index in [2.05, 4.69) is 48.5 Å². The normalized spacial score (nSPS) is 12.5. The fourth-order valence-corrected chi connectivity index (χ4v) is 4.89. The molecule has 0 spiro atoms. The van der Waals surface area contributed by atoms with Crippen molar-refractivity contribution in [1.29, 1.82) is 0 Å². The molecule has 0 fully saturated rings. The Hall–Kier alpha value is -4.93. The number of hydrogen-bond acceptors (Lipinski definition) is 5. The Bertz CT molecular complexity index is 1800. The predicted molar refractivity (Wildman–Crippen MR) is 167 cm³/mol. The molecule has 0 unspecified atom stereocenters. The number of hydrazone groups is 1. The summed E-state index contributed by atoms with van der Waals surface area (Å²) < 4.78 is 8.08. The zero-order chi connectivity index (χ0) is 28.3. The number of hydrogen-bond donors (Lipinski definition) is 0. The van der Waals surface area contributed by atoms with Crippen LogP contribution < -0.4 is 14.6 Å². The number of nitrogens with zero attached hydrogens (tertiary/aromatic N) is 5. The SMILES string of the molecule is CC1=NN(c2[c-]c(Oc3[c-]c(-n4cc(-c5ccccc5)c(-c5ccccc5)n4)ccc3)ccc2)[CH-]N1c1ccccc1.[Pt]. The molecule has 0 saturated carbocycles. The first-order chi connectivity index (χ1) is 20.7. The molecule has 7 rings (SSSR count). The Morgan fingerprint density at radius 2 is 1.23 bits per heavy atom. The van der Waals surface area contributed by atoms with Crippen molar-refractivity contribution in [3.8, 4) is 39.6 Å². The van der Waals surface area contributed by atoms with Gasteiger partial charge in [-0.15, -0.1) is 43.1 Å². The minimum absolute atomic E-state index is 0. The number of aromatic nitrogens is 2. The Labute approximate surface area is 265 Å². The number of anilines is 2. The van der Waals surface area contributed by atoms with Gasteiger partial charge >= 0.3 is 0 Å². The largest absolute Gasteiger partial charge is 0.509 e. The van der Waals surface area contributed by atoms with Gasteiger partial charge in [0.05, 0.1) is 5.84 Å². The molecular weight excluding hydrogens is 714 g/mol.